The molecule has 0 aliphatic heterocycles. The van der Waals surface area contributed by atoms with Crippen molar-refractivity contribution in [2.45, 2.75) is 13.8 Å². The molecular weight excluding hydrogens is 220 g/mol. The maximum atomic E-state index is 10.5. The van der Waals surface area contributed by atoms with E-state index in [9.17, 15) is 9.90 Å². The molecule has 3 heteroatoms. The summed E-state index contributed by atoms with van der Waals surface area (Å²) in [5, 5.41) is 9.34. The first-order chi connectivity index (χ1) is 5.57. The second-order valence-corrected chi connectivity index (χ2v) is 3.48. The van der Waals surface area contributed by atoms with E-state index in [1.165, 1.54) is 0 Å². The third-order valence-electron chi connectivity index (χ3n) is 1.83. The fraction of sp³-hybridized carbons (Fsp3) is 0.222. The highest BCUT2D eigenvalue weighted by Crippen LogP contribution is 2.29. The summed E-state index contributed by atoms with van der Waals surface area (Å²) in [4.78, 5) is 10.5. The molecule has 2 nitrogen and oxygen atoms in total. The monoisotopic (exact) mass is 228 g/mol. The van der Waals surface area contributed by atoms with Gasteiger partial charge in [0.25, 0.3) is 0 Å². The maximum Gasteiger partial charge on any atom is 0.154 e. The number of aryl methyl sites for hydroxylation is 1. The summed E-state index contributed by atoms with van der Waals surface area (Å²) < 4.78 is 0.877. The van der Waals surface area contributed by atoms with Gasteiger partial charge in [0, 0.05) is 4.47 Å². The molecule has 0 saturated carbocycles. The average molecular weight is 229 g/mol. The number of aromatic hydroxyl groups is 1. The van der Waals surface area contributed by atoms with E-state index in [0.29, 0.717) is 11.8 Å². The molecule has 1 rings (SSSR count). The van der Waals surface area contributed by atoms with Gasteiger partial charge in [-0.25, -0.2) is 0 Å². The Morgan fingerprint density at radius 3 is 2.58 bits per heavy atom. The molecule has 12 heavy (non-hydrogen) atoms. The molecule has 0 fully saturated rings. The summed E-state index contributed by atoms with van der Waals surface area (Å²) in [5.41, 5.74) is 2.06. The SMILES string of the molecule is Cc1cc(O)c(C=O)c(C)c1Br. The quantitative estimate of drug-likeness (QED) is 0.751. The zero-order valence-electron chi connectivity index (χ0n) is 6.89. The Balaban J connectivity index is 3.51. The summed E-state index contributed by atoms with van der Waals surface area (Å²) in [6.45, 7) is 3.66. The predicted octanol–water partition coefficient (Wildman–Crippen LogP) is 2.58. The Hall–Kier alpha value is -0.830. The summed E-state index contributed by atoms with van der Waals surface area (Å²) in [6.07, 6.45) is 0.662. The first kappa shape index (κ1) is 9.26. The van der Waals surface area contributed by atoms with Crippen molar-refractivity contribution < 1.29 is 9.90 Å². The molecule has 0 aliphatic rings. The summed E-state index contributed by atoms with van der Waals surface area (Å²) in [7, 11) is 0. The van der Waals surface area contributed by atoms with Crippen molar-refractivity contribution in [2.75, 3.05) is 0 Å². The second-order valence-electron chi connectivity index (χ2n) is 2.68. The zero-order chi connectivity index (χ0) is 9.30. The van der Waals surface area contributed by atoms with E-state index < -0.39 is 0 Å². The molecule has 0 saturated heterocycles. The van der Waals surface area contributed by atoms with Gasteiger partial charge in [0.2, 0.25) is 0 Å². The van der Waals surface area contributed by atoms with Crippen molar-refractivity contribution in [3.05, 3.63) is 27.2 Å². The van der Waals surface area contributed by atoms with Crippen molar-refractivity contribution >= 4 is 22.2 Å². The number of hydrogen-bond acceptors (Lipinski definition) is 2. The molecule has 0 unspecified atom stereocenters. The van der Waals surface area contributed by atoms with Gasteiger partial charge in [0.1, 0.15) is 5.75 Å². The summed E-state index contributed by atoms with van der Waals surface area (Å²) in [5.74, 6) is 0.0446. The minimum absolute atomic E-state index is 0.0446. The number of carbonyl (C=O) groups is 1. The number of carbonyl (C=O) groups excluding carboxylic acids is 1. The van der Waals surface area contributed by atoms with Crippen LogP contribution in [0.25, 0.3) is 0 Å². The number of halogens is 1. The molecule has 0 aliphatic carbocycles. The van der Waals surface area contributed by atoms with Gasteiger partial charge in [-0.05, 0) is 31.0 Å². The molecule has 0 bridgehead atoms. The fourth-order valence-corrected chi connectivity index (χ4v) is 1.43. The molecule has 0 atom stereocenters. The molecule has 1 N–H and O–H groups in total. The number of aldehydes is 1. The van der Waals surface area contributed by atoms with Gasteiger partial charge in [-0.2, -0.15) is 0 Å². The van der Waals surface area contributed by atoms with Gasteiger partial charge in [0.05, 0.1) is 5.56 Å². The minimum Gasteiger partial charge on any atom is -0.507 e. The lowest BCUT2D eigenvalue weighted by Gasteiger charge is -2.07. The molecule has 0 amide bonds. The lowest BCUT2D eigenvalue weighted by Crippen LogP contribution is -1.91. The molecule has 0 aromatic heterocycles. The van der Waals surface area contributed by atoms with E-state index in [4.69, 9.17) is 0 Å². The third-order valence-corrected chi connectivity index (χ3v) is 3.05. The Labute approximate surface area is 79.3 Å². The average Bonchev–Trinajstić information content (AvgIpc) is 2.01. The van der Waals surface area contributed by atoms with Crippen LogP contribution in [0.4, 0.5) is 0 Å². The number of rotatable bonds is 1. The molecule has 0 heterocycles. The first-order valence-electron chi connectivity index (χ1n) is 3.51. The van der Waals surface area contributed by atoms with Crippen LogP contribution in [0.5, 0.6) is 5.75 Å². The van der Waals surface area contributed by atoms with Gasteiger partial charge >= 0.3 is 0 Å². The topological polar surface area (TPSA) is 37.3 Å². The Kier molecular flexibility index (Phi) is 2.52. The Bertz CT molecular complexity index is 332. The van der Waals surface area contributed by atoms with Crippen LogP contribution in [0.1, 0.15) is 21.5 Å². The van der Waals surface area contributed by atoms with Crippen LogP contribution in [-0.4, -0.2) is 11.4 Å². The highest BCUT2D eigenvalue weighted by atomic mass is 79.9. The molecule has 1 aromatic rings. The van der Waals surface area contributed by atoms with Crippen molar-refractivity contribution in [2.24, 2.45) is 0 Å². The standard InChI is InChI=1S/C9H9BrO2/c1-5-3-8(12)7(4-11)6(2)9(5)10/h3-4,12H,1-2H3. The lowest BCUT2D eigenvalue weighted by molar-refractivity contribution is 0.112. The summed E-state index contributed by atoms with van der Waals surface area (Å²) in [6, 6.07) is 1.57. The maximum absolute atomic E-state index is 10.5. The summed E-state index contributed by atoms with van der Waals surface area (Å²) >= 11 is 3.33. The first-order valence-corrected chi connectivity index (χ1v) is 4.31. The molecular formula is C9H9BrO2. The molecule has 0 spiro atoms. The molecule has 1 aromatic carbocycles. The van der Waals surface area contributed by atoms with E-state index in [2.05, 4.69) is 15.9 Å². The van der Waals surface area contributed by atoms with Crippen LogP contribution in [0, 0.1) is 13.8 Å². The largest absolute Gasteiger partial charge is 0.507 e. The van der Waals surface area contributed by atoms with Gasteiger partial charge < -0.3 is 5.11 Å². The van der Waals surface area contributed by atoms with E-state index >= 15 is 0 Å². The minimum atomic E-state index is 0.0446. The molecule has 0 radical (unpaired) electrons. The van der Waals surface area contributed by atoms with Crippen LogP contribution >= 0.6 is 15.9 Å². The predicted molar refractivity (Wildman–Crippen MR) is 50.7 cm³/mol. The smallest absolute Gasteiger partial charge is 0.154 e. The third kappa shape index (κ3) is 1.37. The van der Waals surface area contributed by atoms with Crippen LogP contribution in [-0.2, 0) is 0 Å². The van der Waals surface area contributed by atoms with Crippen molar-refractivity contribution in [3.63, 3.8) is 0 Å². The number of benzene rings is 1. The normalized spacial score (nSPS) is 9.92. The Morgan fingerprint density at radius 1 is 1.50 bits per heavy atom. The highest BCUT2D eigenvalue weighted by molar-refractivity contribution is 9.10. The zero-order valence-corrected chi connectivity index (χ0v) is 8.47. The van der Waals surface area contributed by atoms with Gasteiger partial charge in [-0.15, -0.1) is 0 Å². The van der Waals surface area contributed by atoms with Crippen molar-refractivity contribution in [3.8, 4) is 5.75 Å². The van der Waals surface area contributed by atoms with E-state index in [-0.39, 0.29) is 5.75 Å². The van der Waals surface area contributed by atoms with Crippen LogP contribution in [0.2, 0.25) is 0 Å². The van der Waals surface area contributed by atoms with Crippen molar-refractivity contribution in [1.29, 1.82) is 0 Å². The van der Waals surface area contributed by atoms with E-state index in [1.54, 1.807) is 13.0 Å². The van der Waals surface area contributed by atoms with Gasteiger partial charge in [0.15, 0.2) is 6.29 Å². The number of hydrogen-bond donors (Lipinski definition) is 1. The second kappa shape index (κ2) is 3.27. The lowest BCUT2D eigenvalue weighted by atomic mass is 10.1. The highest BCUT2D eigenvalue weighted by Gasteiger charge is 2.09. The van der Waals surface area contributed by atoms with E-state index in [1.807, 2.05) is 6.92 Å². The number of phenolic OH excluding ortho intramolecular Hbond substituents is 1. The fourth-order valence-electron chi connectivity index (χ4n) is 1.10. The van der Waals surface area contributed by atoms with E-state index in [0.717, 1.165) is 15.6 Å². The van der Waals surface area contributed by atoms with Crippen LogP contribution < -0.4 is 0 Å². The van der Waals surface area contributed by atoms with Gasteiger partial charge in [-0.3, -0.25) is 4.79 Å². The van der Waals surface area contributed by atoms with Crippen LogP contribution in [0.15, 0.2) is 10.5 Å². The Morgan fingerprint density at radius 2 is 2.08 bits per heavy atom. The molecule has 64 valence electrons. The van der Waals surface area contributed by atoms with Gasteiger partial charge in [-0.1, -0.05) is 15.9 Å². The van der Waals surface area contributed by atoms with Crippen LogP contribution in [0.3, 0.4) is 0 Å². The number of phenols is 1. The van der Waals surface area contributed by atoms with Crippen molar-refractivity contribution in [1.82, 2.24) is 0 Å².